The quantitative estimate of drug-likeness (QED) is 0.640. The van der Waals surface area contributed by atoms with Gasteiger partial charge in [-0.25, -0.2) is 0 Å². The molecular formula is C25H33ClN2O. The lowest BCUT2D eigenvalue weighted by Crippen LogP contribution is -2.53. The topological polar surface area (TPSA) is 32.3 Å². The van der Waals surface area contributed by atoms with Gasteiger partial charge >= 0.3 is 0 Å². The Kier molecular flexibility index (Phi) is 6.58. The van der Waals surface area contributed by atoms with E-state index in [4.69, 9.17) is 11.6 Å². The minimum Gasteiger partial charge on any atom is -0.373 e. The van der Waals surface area contributed by atoms with Crippen molar-refractivity contribution in [3.63, 3.8) is 0 Å². The summed E-state index contributed by atoms with van der Waals surface area (Å²) >= 11 is 6.07. The van der Waals surface area contributed by atoms with Crippen LogP contribution in [0.25, 0.3) is 0 Å². The summed E-state index contributed by atoms with van der Waals surface area (Å²) in [4.78, 5) is 15.5. The second-order valence-corrected chi connectivity index (χ2v) is 9.81. The van der Waals surface area contributed by atoms with Crippen molar-refractivity contribution in [1.82, 2.24) is 4.90 Å². The standard InChI is InChI=1S/C25H33ClN2O/c1-17(2)23(27-21-8-6-7-18(3)15-21)24(29)28-14-13-22(25(4,5)16-28)19-9-11-20(26)12-10-19/h6-12,15,17,22-23,27H,13-14,16H2,1-5H3/t22?,23-/m1/s1. The number of hydrogen-bond acceptors (Lipinski definition) is 2. The van der Waals surface area contributed by atoms with Gasteiger partial charge in [-0.3, -0.25) is 4.79 Å². The Hall–Kier alpha value is -2.00. The molecule has 1 aliphatic rings. The SMILES string of the molecule is Cc1cccc(N[C@@H](C(=O)N2CCC(c3ccc(Cl)cc3)C(C)(C)C2)C(C)C)c1. The molecule has 2 atom stereocenters. The van der Waals surface area contributed by atoms with Gasteiger partial charge in [0.2, 0.25) is 5.91 Å². The number of nitrogens with one attached hydrogen (secondary N) is 1. The molecule has 2 aromatic rings. The van der Waals surface area contributed by atoms with Gasteiger partial charge in [-0.05, 0) is 66.0 Å². The van der Waals surface area contributed by atoms with Gasteiger partial charge in [-0.1, -0.05) is 63.6 Å². The second kappa shape index (κ2) is 8.79. The number of aryl methyl sites for hydroxylation is 1. The first kappa shape index (κ1) is 21.7. The van der Waals surface area contributed by atoms with Crippen molar-refractivity contribution in [1.29, 1.82) is 0 Å². The van der Waals surface area contributed by atoms with Crippen LogP contribution in [0.2, 0.25) is 5.02 Å². The first-order valence-electron chi connectivity index (χ1n) is 10.5. The lowest BCUT2D eigenvalue weighted by atomic mass is 9.70. The number of hydrogen-bond donors (Lipinski definition) is 1. The van der Waals surface area contributed by atoms with Crippen LogP contribution in [-0.4, -0.2) is 29.9 Å². The Labute approximate surface area is 180 Å². The fourth-order valence-corrected chi connectivity index (χ4v) is 4.61. The van der Waals surface area contributed by atoms with E-state index >= 15 is 0 Å². The molecule has 2 aromatic carbocycles. The van der Waals surface area contributed by atoms with Crippen molar-refractivity contribution in [3.05, 3.63) is 64.7 Å². The highest BCUT2D eigenvalue weighted by Crippen LogP contribution is 2.42. The highest BCUT2D eigenvalue weighted by molar-refractivity contribution is 6.30. The number of rotatable bonds is 5. The molecule has 1 aliphatic heterocycles. The van der Waals surface area contributed by atoms with E-state index in [2.05, 4.69) is 69.1 Å². The Morgan fingerprint density at radius 3 is 2.45 bits per heavy atom. The minimum atomic E-state index is -0.223. The second-order valence-electron chi connectivity index (χ2n) is 9.38. The third-order valence-electron chi connectivity index (χ3n) is 6.09. The van der Waals surface area contributed by atoms with Crippen LogP contribution in [0.1, 0.15) is 51.2 Å². The molecule has 3 nitrogen and oxygen atoms in total. The van der Waals surface area contributed by atoms with E-state index in [0.29, 0.717) is 5.92 Å². The summed E-state index contributed by atoms with van der Waals surface area (Å²) in [5, 5.41) is 4.25. The zero-order valence-corrected chi connectivity index (χ0v) is 19.0. The molecule has 1 heterocycles. The van der Waals surface area contributed by atoms with Gasteiger partial charge in [0.25, 0.3) is 0 Å². The number of halogens is 1. The van der Waals surface area contributed by atoms with Crippen LogP contribution in [0, 0.1) is 18.3 Å². The highest BCUT2D eigenvalue weighted by Gasteiger charge is 2.40. The van der Waals surface area contributed by atoms with Crippen molar-refractivity contribution in [2.24, 2.45) is 11.3 Å². The average Bonchev–Trinajstić information content (AvgIpc) is 2.65. The Morgan fingerprint density at radius 1 is 1.17 bits per heavy atom. The van der Waals surface area contributed by atoms with Crippen LogP contribution in [0.4, 0.5) is 5.69 Å². The maximum atomic E-state index is 13.5. The molecule has 156 valence electrons. The van der Waals surface area contributed by atoms with E-state index < -0.39 is 0 Å². The van der Waals surface area contributed by atoms with Gasteiger partial charge in [0, 0.05) is 23.8 Å². The van der Waals surface area contributed by atoms with Crippen molar-refractivity contribution >= 4 is 23.2 Å². The van der Waals surface area contributed by atoms with Crippen molar-refractivity contribution in [2.75, 3.05) is 18.4 Å². The number of nitrogens with zero attached hydrogens (tertiary/aromatic N) is 1. The summed E-state index contributed by atoms with van der Waals surface area (Å²) in [5.74, 6) is 0.829. The van der Waals surface area contributed by atoms with Crippen LogP contribution in [0.3, 0.4) is 0 Å². The molecule has 0 aliphatic carbocycles. The summed E-state index contributed by atoms with van der Waals surface area (Å²) in [6.07, 6.45) is 0.968. The molecule has 0 saturated carbocycles. The summed E-state index contributed by atoms with van der Waals surface area (Å²) in [7, 11) is 0. The minimum absolute atomic E-state index is 0.00655. The van der Waals surface area contributed by atoms with Crippen LogP contribution < -0.4 is 5.32 Å². The van der Waals surface area contributed by atoms with Gasteiger partial charge in [-0.2, -0.15) is 0 Å². The van der Waals surface area contributed by atoms with Gasteiger partial charge < -0.3 is 10.2 Å². The van der Waals surface area contributed by atoms with Crippen molar-refractivity contribution < 1.29 is 4.79 Å². The Morgan fingerprint density at radius 2 is 1.86 bits per heavy atom. The summed E-state index contributed by atoms with van der Waals surface area (Å²) < 4.78 is 0. The van der Waals surface area contributed by atoms with Gasteiger partial charge in [0.15, 0.2) is 0 Å². The molecule has 4 heteroatoms. The molecule has 1 N–H and O–H groups in total. The average molecular weight is 413 g/mol. The zero-order valence-electron chi connectivity index (χ0n) is 18.2. The first-order valence-corrected chi connectivity index (χ1v) is 10.9. The van der Waals surface area contributed by atoms with Gasteiger partial charge in [0.05, 0.1) is 0 Å². The van der Waals surface area contributed by atoms with E-state index in [1.54, 1.807) is 0 Å². The number of likely N-dealkylation sites (tertiary alicyclic amines) is 1. The fourth-order valence-electron chi connectivity index (χ4n) is 4.48. The lowest BCUT2D eigenvalue weighted by Gasteiger charge is -2.46. The van der Waals surface area contributed by atoms with Crippen molar-refractivity contribution in [3.8, 4) is 0 Å². The van der Waals surface area contributed by atoms with Crippen molar-refractivity contribution in [2.45, 2.75) is 53.0 Å². The predicted octanol–water partition coefficient (Wildman–Crippen LogP) is 6.13. The van der Waals surface area contributed by atoms with Crippen LogP contribution >= 0.6 is 11.6 Å². The molecule has 1 unspecified atom stereocenters. The number of amides is 1. The highest BCUT2D eigenvalue weighted by atomic mass is 35.5. The number of carbonyl (C=O) groups is 1. The van der Waals surface area contributed by atoms with Gasteiger partial charge in [-0.15, -0.1) is 0 Å². The predicted molar refractivity (Wildman–Crippen MR) is 123 cm³/mol. The molecule has 1 fully saturated rings. The third kappa shape index (κ3) is 5.14. The molecule has 0 aromatic heterocycles. The molecule has 0 bridgehead atoms. The molecule has 1 saturated heterocycles. The zero-order chi connectivity index (χ0) is 21.2. The van der Waals surface area contributed by atoms with Crippen LogP contribution in [0.15, 0.2) is 48.5 Å². The van der Waals surface area contributed by atoms with Crippen LogP contribution in [-0.2, 0) is 4.79 Å². The van der Waals surface area contributed by atoms with E-state index in [-0.39, 0.29) is 23.3 Å². The number of carbonyl (C=O) groups excluding carboxylic acids is 1. The van der Waals surface area contributed by atoms with E-state index in [0.717, 1.165) is 30.2 Å². The maximum Gasteiger partial charge on any atom is 0.245 e. The summed E-state index contributed by atoms with van der Waals surface area (Å²) in [5.41, 5.74) is 3.51. The monoisotopic (exact) mass is 412 g/mol. The largest absolute Gasteiger partial charge is 0.373 e. The maximum absolute atomic E-state index is 13.5. The van der Waals surface area contributed by atoms with Crippen LogP contribution in [0.5, 0.6) is 0 Å². The molecule has 29 heavy (non-hydrogen) atoms. The van der Waals surface area contributed by atoms with Gasteiger partial charge in [0.1, 0.15) is 6.04 Å². The molecular weight excluding hydrogens is 380 g/mol. The third-order valence-corrected chi connectivity index (χ3v) is 6.34. The Balaban J connectivity index is 1.74. The fraction of sp³-hybridized carbons (Fsp3) is 0.480. The Bertz CT molecular complexity index is 844. The smallest absolute Gasteiger partial charge is 0.245 e. The molecule has 0 radical (unpaired) electrons. The number of anilines is 1. The number of benzene rings is 2. The summed E-state index contributed by atoms with van der Waals surface area (Å²) in [6, 6.07) is 16.2. The van der Waals surface area contributed by atoms with E-state index in [1.807, 2.05) is 24.3 Å². The number of piperidine rings is 1. The van der Waals surface area contributed by atoms with E-state index in [1.165, 1.54) is 11.1 Å². The molecule has 0 spiro atoms. The summed E-state index contributed by atoms with van der Waals surface area (Å²) in [6.45, 7) is 12.4. The first-order chi connectivity index (χ1) is 13.7. The lowest BCUT2D eigenvalue weighted by molar-refractivity contribution is -0.136. The van der Waals surface area contributed by atoms with E-state index in [9.17, 15) is 4.79 Å². The normalized spacial score (nSPS) is 19.8. The molecule has 3 rings (SSSR count). The molecule has 1 amide bonds.